The molecule has 0 bridgehead atoms. The summed E-state index contributed by atoms with van der Waals surface area (Å²) < 4.78 is 1.84. The Kier molecular flexibility index (Phi) is 4.43. The number of amides is 1. The van der Waals surface area contributed by atoms with Crippen molar-refractivity contribution >= 4 is 28.8 Å². The number of anilines is 1. The molecule has 1 saturated carbocycles. The number of rotatable bonds is 4. The van der Waals surface area contributed by atoms with E-state index in [1.807, 2.05) is 41.0 Å². The summed E-state index contributed by atoms with van der Waals surface area (Å²) in [7, 11) is 0. The van der Waals surface area contributed by atoms with E-state index < -0.39 is 0 Å². The number of nitrogens with one attached hydrogen (secondary N) is 1. The summed E-state index contributed by atoms with van der Waals surface area (Å²) in [6, 6.07) is 10.1. The van der Waals surface area contributed by atoms with Gasteiger partial charge in [0.25, 0.3) is 0 Å². The summed E-state index contributed by atoms with van der Waals surface area (Å²) in [4.78, 5) is 19.4. The SMILES string of the molecule is O=C(NC1CC1)[C@H]1CCCN(c2nccn3nc(-c4ccccc4Cl)cc23)C1. The summed E-state index contributed by atoms with van der Waals surface area (Å²) in [5.41, 5.74) is 2.65. The molecule has 144 valence electrons. The number of benzene rings is 1. The van der Waals surface area contributed by atoms with Gasteiger partial charge in [-0.1, -0.05) is 29.8 Å². The minimum Gasteiger partial charge on any atom is -0.354 e. The van der Waals surface area contributed by atoms with Crippen LogP contribution in [0.3, 0.4) is 0 Å². The number of aromatic nitrogens is 3. The average Bonchev–Trinajstić information content (AvgIpc) is 3.42. The van der Waals surface area contributed by atoms with Crippen LogP contribution in [0.25, 0.3) is 16.8 Å². The van der Waals surface area contributed by atoms with Crippen LogP contribution in [-0.2, 0) is 4.79 Å². The molecule has 1 aliphatic heterocycles. The zero-order valence-corrected chi connectivity index (χ0v) is 16.3. The molecule has 0 radical (unpaired) electrons. The van der Waals surface area contributed by atoms with Crippen LogP contribution in [0.1, 0.15) is 25.7 Å². The first kappa shape index (κ1) is 17.5. The Morgan fingerprint density at radius 3 is 2.89 bits per heavy atom. The van der Waals surface area contributed by atoms with Gasteiger partial charge in [-0.25, -0.2) is 9.50 Å². The zero-order chi connectivity index (χ0) is 19.1. The maximum Gasteiger partial charge on any atom is 0.225 e. The fourth-order valence-electron chi connectivity index (χ4n) is 3.88. The standard InChI is InChI=1S/C21H22ClN5O/c22-17-6-2-1-5-16(17)18-12-19-20(23-9-11-27(19)25-18)26-10-3-4-14(13-26)21(28)24-15-7-8-15/h1-2,5-6,9,11-12,14-15H,3-4,7-8,10,13H2,(H,24,28)/t14-/m0/s1. The topological polar surface area (TPSA) is 62.5 Å². The van der Waals surface area contributed by atoms with Gasteiger partial charge in [-0.05, 0) is 37.8 Å². The fourth-order valence-corrected chi connectivity index (χ4v) is 4.12. The van der Waals surface area contributed by atoms with Crippen LogP contribution in [0.15, 0.2) is 42.7 Å². The minimum absolute atomic E-state index is 0.0161. The highest BCUT2D eigenvalue weighted by atomic mass is 35.5. The second-order valence-corrected chi connectivity index (χ2v) is 8.07. The van der Waals surface area contributed by atoms with E-state index in [9.17, 15) is 4.79 Å². The molecule has 1 atom stereocenters. The molecule has 0 unspecified atom stereocenters. The van der Waals surface area contributed by atoms with E-state index in [1.54, 1.807) is 6.20 Å². The van der Waals surface area contributed by atoms with Crippen LogP contribution >= 0.6 is 11.6 Å². The summed E-state index contributed by atoms with van der Waals surface area (Å²) in [6.45, 7) is 1.59. The second kappa shape index (κ2) is 7.09. The third-order valence-electron chi connectivity index (χ3n) is 5.53. The lowest BCUT2D eigenvalue weighted by atomic mass is 9.97. The Hall–Kier alpha value is -2.60. The lowest BCUT2D eigenvalue weighted by Gasteiger charge is -2.33. The normalized spacial score (nSPS) is 19.8. The molecule has 5 rings (SSSR count). The number of hydrogen-bond donors (Lipinski definition) is 1. The number of halogens is 1. The number of nitrogens with zero attached hydrogens (tertiary/aromatic N) is 4. The van der Waals surface area contributed by atoms with Crippen molar-refractivity contribution in [3.63, 3.8) is 0 Å². The molecule has 6 nitrogen and oxygen atoms in total. The Labute approximate surface area is 168 Å². The van der Waals surface area contributed by atoms with Crippen molar-refractivity contribution < 1.29 is 4.79 Å². The average molecular weight is 396 g/mol. The van der Waals surface area contributed by atoms with Gasteiger partial charge in [0.15, 0.2) is 5.82 Å². The quantitative estimate of drug-likeness (QED) is 0.733. The highest BCUT2D eigenvalue weighted by Gasteiger charge is 2.31. The van der Waals surface area contributed by atoms with Gasteiger partial charge in [0.2, 0.25) is 5.91 Å². The van der Waals surface area contributed by atoms with Crippen molar-refractivity contribution in [1.82, 2.24) is 19.9 Å². The van der Waals surface area contributed by atoms with E-state index in [0.29, 0.717) is 17.6 Å². The summed E-state index contributed by atoms with van der Waals surface area (Å²) in [5, 5.41) is 8.51. The lowest BCUT2D eigenvalue weighted by Crippen LogP contribution is -2.44. The van der Waals surface area contributed by atoms with Gasteiger partial charge in [0.1, 0.15) is 5.52 Å². The molecule has 3 heterocycles. The molecule has 1 aliphatic carbocycles. The van der Waals surface area contributed by atoms with Crippen LogP contribution in [0.5, 0.6) is 0 Å². The number of hydrogen-bond acceptors (Lipinski definition) is 4. The van der Waals surface area contributed by atoms with Crippen molar-refractivity contribution in [3.8, 4) is 11.3 Å². The van der Waals surface area contributed by atoms with E-state index in [-0.39, 0.29) is 11.8 Å². The maximum atomic E-state index is 12.5. The van der Waals surface area contributed by atoms with Crippen molar-refractivity contribution in [3.05, 3.63) is 47.7 Å². The first-order valence-electron chi connectivity index (χ1n) is 9.83. The van der Waals surface area contributed by atoms with E-state index in [2.05, 4.69) is 20.3 Å². The zero-order valence-electron chi connectivity index (χ0n) is 15.5. The van der Waals surface area contributed by atoms with Crippen molar-refractivity contribution in [2.45, 2.75) is 31.7 Å². The van der Waals surface area contributed by atoms with E-state index >= 15 is 0 Å². The number of carbonyl (C=O) groups excluding carboxylic acids is 1. The fraction of sp³-hybridized carbons (Fsp3) is 0.381. The molecule has 28 heavy (non-hydrogen) atoms. The Morgan fingerprint density at radius 1 is 1.21 bits per heavy atom. The molecular weight excluding hydrogens is 374 g/mol. The molecule has 3 aromatic rings. The maximum absolute atomic E-state index is 12.5. The molecule has 2 fully saturated rings. The number of piperidine rings is 1. The van der Waals surface area contributed by atoms with Gasteiger partial charge in [-0.15, -0.1) is 0 Å². The third kappa shape index (κ3) is 3.33. The van der Waals surface area contributed by atoms with Gasteiger partial charge >= 0.3 is 0 Å². The molecule has 7 heteroatoms. The Morgan fingerprint density at radius 2 is 2.07 bits per heavy atom. The van der Waals surface area contributed by atoms with E-state index in [0.717, 1.165) is 54.8 Å². The van der Waals surface area contributed by atoms with Crippen LogP contribution in [0.2, 0.25) is 5.02 Å². The lowest BCUT2D eigenvalue weighted by molar-refractivity contribution is -0.125. The Balaban J connectivity index is 1.45. The van der Waals surface area contributed by atoms with Gasteiger partial charge in [-0.2, -0.15) is 5.10 Å². The number of fused-ring (bicyclic) bond motifs is 1. The molecule has 1 N–H and O–H groups in total. The minimum atomic E-state index is 0.0161. The summed E-state index contributed by atoms with van der Waals surface area (Å²) >= 11 is 6.36. The van der Waals surface area contributed by atoms with Gasteiger partial charge in [0, 0.05) is 37.1 Å². The molecule has 2 aliphatic rings. The van der Waals surface area contributed by atoms with Gasteiger partial charge in [-0.3, -0.25) is 4.79 Å². The largest absolute Gasteiger partial charge is 0.354 e. The molecule has 1 amide bonds. The van der Waals surface area contributed by atoms with E-state index in [4.69, 9.17) is 11.6 Å². The van der Waals surface area contributed by atoms with Crippen molar-refractivity contribution in [2.24, 2.45) is 5.92 Å². The van der Waals surface area contributed by atoms with Crippen molar-refractivity contribution in [2.75, 3.05) is 18.0 Å². The predicted molar refractivity (Wildman–Crippen MR) is 110 cm³/mol. The van der Waals surface area contributed by atoms with Crippen LogP contribution in [-0.4, -0.2) is 39.6 Å². The summed E-state index contributed by atoms with van der Waals surface area (Å²) in [5.74, 6) is 1.07. The highest BCUT2D eigenvalue weighted by Crippen LogP contribution is 2.31. The van der Waals surface area contributed by atoms with Gasteiger partial charge in [0.05, 0.1) is 16.6 Å². The molecule has 2 aromatic heterocycles. The van der Waals surface area contributed by atoms with E-state index in [1.165, 1.54) is 0 Å². The van der Waals surface area contributed by atoms with Crippen LogP contribution < -0.4 is 10.2 Å². The van der Waals surface area contributed by atoms with Gasteiger partial charge < -0.3 is 10.2 Å². The third-order valence-corrected chi connectivity index (χ3v) is 5.86. The molecule has 0 spiro atoms. The van der Waals surface area contributed by atoms with Crippen LogP contribution in [0, 0.1) is 5.92 Å². The second-order valence-electron chi connectivity index (χ2n) is 7.66. The summed E-state index contributed by atoms with van der Waals surface area (Å²) in [6.07, 6.45) is 7.76. The molecular formula is C21H22ClN5O. The monoisotopic (exact) mass is 395 g/mol. The van der Waals surface area contributed by atoms with Crippen molar-refractivity contribution in [1.29, 1.82) is 0 Å². The predicted octanol–water partition coefficient (Wildman–Crippen LogP) is 3.54. The molecule has 1 saturated heterocycles. The number of carbonyl (C=O) groups is 1. The molecule has 1 aromatic carbocycles. The highest BCUT2D eigenvalue weighted by molar-refractivity contribution is 6.33. The first-order chi connectivity index (χ1) is 13.7. The van der Waals surface area contributed by atoms with Crippen LogP contribution in [0.4, 0.5) is 5.82 Å². The smallest absolute Gasteiger partial charge is 0.225 e. The Bertz CT molecular complexity index is 1030. The first-order valence-corrected chi connectivity index (χ1v) is 10.2.